The van der Waals surface area contributed by atoms with Gasteiger partial charge in [-0.25, -0.2) is 13.2 Å². The zero-order valence-electron chi connectivity index (χ0n) is 9.17. The van der Waals surface area contributed by atoms with Crippen molar-refractivity contribution in [1.82, 2.24) is 0 Å². The third-order valence-corrected chi connectivity index (χ3v) is 4.02. The standard InChI is InChI=1S/C11H11NO4S/c1-17(15,16)10-8(3-2-4-9(10)14)11(5-6-11)12-7-13/h2-4,14H,5-6H2,1H3. The summed E-state index contributed by atoms with van der Waals surface area (Å²) in [6.07, 6.45) is 3.67. The van der Waals surface area contributed by atoms with E-state index in [2.05, 4.69) is 4.99 Å². The molecule has 0 aromatic heterocycles. The van der Waals surface area contributed by atoms with Gasteiger partial charge in [0.15, 0.2) is 9.84 Å². The van der Waals surface area contributed by atoms with Crippen molar-refractivity contribution in [2.45, 2.75) is 23.3 Å². The van der Waals surface area contributed by atoms with Crippen LogP contribution in [0, 0.1) is 0 Å². The summed E-state index contributed by atoms with van der Waals surface area (Å²) in [7, 11) is -3.57. The van der Waals surface area contributed by atoms with Gasteiger partial charge in [-0.05, 0) is 18.9 Å². The molecule has 0 atom stereocenters. The fourth-order valence-electron chi connectivity index (χ4n) is 1.93. The summed E-state index contributed by atoms with van der Waals surface area (Å²) >= 11 is 0. The SMILES string of the molecule is CS(=O)(=O)c1c(O)cccc1C1(N=C=O)CC1. The number of hydrogen-bond donors (Lipinski definition) is 1. The van der Waals surface area contributed by atoms with E-state index < -0.39 is 15.4 Å². The van der Waals surface area contributed by atoms with E-state index in [0.717, 1.165) is 6.26 Å². The van der Waals surface area contributed by atoms with E-state index >= 15 is 0 Å². The van der Waals surface area contributed by atoms with Crippen molar-refractivity contribution in [3.05, 3.63) is 23.8 Å². The van der Waals surface area contributed by atoms with Crippen LogP contribution in [0.5, 0.6) is 5.75 Å². The Morgan fingerprint density at radius 3 is 2.53 bits per heavy atom. The van der Waals surface area contributed by atoms with E-state index in [9.17, 15) is 18.3 Å². The molecule has 0 unspecified atom stereocenters. The van der Waals surface area contributed by atoms with Crippen LogP contribution >= 0.6 is 0 Å². The van der Waals surface area contributed by atoms with Crippen LogP contribution in [-0.4, -0.2) is 25.9 Å². The fourth-order valence-corrected chi connectivity index (χ4v) is 3.03. The second-order valence-electron chi connectivity index (χ2n) is 4.16. The van der Waals surface area contributed by atoms with Crippen LogP contribution in [0.15, 0.2) is 28.1 Å². The lowest BCUT2D eigenvalue weighted by atomic mass is 10.1. The Morgan fingerprint density at radius 2 is 2.06 bits per heavy atom. The molecule has 0 radical (unpaired) electrons. The largest absolute Gasteiger partial charge is 0.507 e. The lowest BCUT2D eigenvalue weighted by Gasteiger charge is -2.14. The van der Waals surface area contributed by atoms with Crippen LogP contribution in [0.1, 0.15) is 18.4 Å². The van der Waals surface area contributed by atoms with Crippen LogP contribution in [0.3, 0.4) is 0 Å². The van der Waals surface area contributed by atoms with Gasteiger partial charge in [0, 0.05) is 11.8 Å². The average Bonchev–Trinajstić information content (AvgIpc) is 2.97. The molecule has 1 aromatic carbocycles. The van der Waals surface area contributed by atoms with E-state index in [0.29, 0.717) is 18.4 Å². The number of nitrogens with zero attached hydrogens (tertiary/aromatic N) is 1. The van der Waals surface area contributed by atoms with Crippen molar-refractivity contribution >= 4 is 15.9 Å². The molecule has 0 aliphatic heterocycles. The predicted molar refractivity (Wildman–Crippen MR) is 60.3 cm³/mol. The van der Waals surface area contributed by atoms with Crippen molar-refractivity contribution in [3.8, 4) is 5.75 Å². The average molecular weight is 253 g/mol. The number of phenols is 1. The fraction of sp³-hybridized carbons (Fsp3) is 0.364. The maximum Gasteiger partial charge on any atom is 0.235 e. The van der Waals surface area contributed by atoms with Crippen LogP contribution < -0.4 is 0 Å². The Balaban J connectivity index is 2.72. The van der Waals surface area contributed by atoms with Gasteiger partial charge in [-0.2, -0.15) is 4.99 Å². The number of aliphatic imine (C=N–C) groups is 1. The second-order valence-corrected chi connectivity index (χ2v) is 6.11. The second kappa shape index (κ2) is 3.68. The van der Waals surface area contributed by atoms with Crippen LogP contribution in [0.25, 0.3) is 0 Å². The highest BCUT2D eigenvalue weighted by Crippen LogP contribution is 2.52. The first-order chi connectivity index (χ1) is 7.91. The molecule has 1 aromatic rings. The van der Waals surface area contributed by atoms with Crippen molar-refractivity contribution in [1.29, 1.82) is 0 Å². The first-order valence-electron chi connectivity index (χ1n) is 5.02. The zero-order chi connectivity index (χ0) is 12.7. The van der Waals surface area contributed by atoms with Gasteiger partial charge in [0.25, 0.3) is 0 Å². The van der Waals surface area contributed by atoms with Crippen LogP contribution in [0.4, 0.5) is 0 Å². The van der Waals surface area contributed by atoms with Gasteiger partial charge in [0.2, 0.25) is 6.08 Å². The molecular formula is C11H11NO4S. The van der Waals surface area contributed by atoms with Crippen molar-refractivity contribution in [3.63, 3.8) is 0 Å². The van der Waals surface area contributed by atoms with E-state index in [1.807, 2.05) is 0 Å². The summed E-state index contributed by atoms with van der Waals surface area (Å²) in [6.45, 7) is 0. The van der Waals surface area contributed by atoms with E-state index in [4.69, 9.17) is 0 Å². The van der Waals surface area contributed by atoms with Gasteiger partial charge in [-0.15, -0.1) is 0 Å². The molecule has 17 heavy (non-hydrogen) atoms. The third kappa shape index (κ3) is 1.97. The topological polar surface area (TPSA) is 83.8 Å². The summed E-state index contributed by atoms with van der Waals surface area (Å²) < 4.78 is 23.3. The van der Waals surface area contributed by atoms with Gasteiger partial charge in [-0.1, -0.05) is 12.1 Å². The highest BCUT2D eigenvalue weighted by atomic mass is 32.2. The lowest BCUT2D eigenvalue weighted by molar-refractivity contribution is 0.454. The van der Waals surface area contributed by atoms with Gasteiger partial charge in [-0.3, -0.25) is 0 Å². The molecule has 1 aliphatic carbocycles. The summed E-state index contributed by atoms with van der Waals surface area (Å²) in [6, 6.07) is 4.42. The number of sulfone groups is 1. The van der Waals surface area contributed by atoms with E-state index in [1.165, 1.54) is 12.1 Å². The first-order valence-corrected chi connectivity index (χ1v) is 6.91. The molecule has 1 fully saturated rings. The molecule has 2 rings (SSSR count). The minimum atomic E-state index is -3.57. The first kappa shape index (κ1) is 11.8. The zero-order valence-corrected chi connectivity index (χ0v) is 9.99. The van der Waals surface area contributed by atoms with Gasteiger partial charge in [0.1, 0.15) is 10.6 Å². The van der Waals surface area contributed by atoms with Gasteiger partial charge >= 0.3 is 0 Å². The highest BCUT2D eigenvalue weighted by molar-refractivity contribution is 7.90. The normalized spacial score (nSPS) is 17.2. The molecule has 0 saturated heterocycles. The number of benzene rings is 1. The molecule has 0 spiro atoms. The quantitative estimate of drug-likeness (QED) is 0.646. The molecule has 90 valence electrons. The number of hydrogen-bond acceptors (Lipinski definition) is 5. The monoisotopic (exact) mass is 253 g/mol. The third-order valence-electron chi connectivity index (χ3n) is 2.85. The summed E-state index contributed by atoms with van der Waals surface area (Å²) in [4.78, 5) is 13.9. The summed E-state index contributed by atoms with van der Waals surface area (Å²) in [5, 5.41) is 9.67. The number of isocyanates is 1. The minimum absolute atomic E-state index is 0.142. The smallest absolute Gasteiger partial charge is 0.235 e. The van der Waals surface area contributed by atoms with Crippen LogP contribution in [0.2, 0.25) is 0 Å². The maximum absolute atomic E-state index is 11.7. The summed E-state index contributed by atoms with van der Waals surface area (Å²) in [5.74, 6) is -0.308. The van der Waals surface area contributed by atoms with E-state index in [-0.39, 0.29) is 10.6 Å². The Kier molecular flexibility index (Phi) is 2.56. The van der Waals surface area contributed by atoms with Crippen LogP contribution in [-0.2, 0) is 20.2 Å². The minimum Gasteiger partial charge on any atom is -0.507 e. The lowest BCUT2D eigenvalue weighted by Crippen LogP contribution is -2.10. The molecule has 1 saturated carbocycles. The molecule has 0 amide bonds. The number of carbonyl (C=O) groups excluding carboxylic acids is 1. The van der Waals surface area contributed by atoms with Gasteiger partial charge in [0.05, 0.1) is 5.54 Å². The molecule has 5 nitrogen and oxygen atoms in total. The Morgan fingerprint density at radius 1 is 1.41 bits per heavy atom. The molecule has 0 bridgehead atoms. The Bertz CT molecular complexity index is 610. The van der Waals surface area contributed by atoms with Crippen molar-refractivity contribution in [2.24, 2.45) is 4.99 Å². The number of aromatic hydroxyl groups is 1. The van der Waals surface area contributed by atoms with Gasteiger partial charge < -0.3 is 5.11 Å². The number of rotatable bonds is 3. The van der Waals surface area contributed by atoms with E-state index in [1.54, 1.807) is 12.1 Å². The highest BCUT2D eigenvalue weighted by Gasteiger charge is 2.48. The summed E-state index contributed by atoms with van der Waals surface area (Å²) in [5.41, 5.74) is -0.429. The molecule has 6 heteroatoms. The maximum atomic E-state index is 11.7. The number of phenolic OH excluding ortho intramolecular Hbond substituents is 1. The Hall–Kier alpha value is -1.65. The van der Waals surface area contributed by atoms with Crippen molar-refractivity contribution in [2.75, 3.05) is 6.26 Å². The molecule has 1 N–H and O–H groups in total. The molecule has 0 heterocycles. The predicted octanol–water partition coefficient (Wildman–Crippen LogP) is 1.12. The Labute approximate surface area is 98.7 Å². The molecular weight excluding hydrogens is 242 g/mol. The van der Waals surface area contributed by atoms with Crippen molar-refractivity contribution < 1.29 is 18.3 Å². The molecule has 1 aliphatic rings.